The average molecular weight is 475 g/mol. The fourth-order valence-corrected chi connectivity index (χ4v) is 7.61. The molecule has 3 aliphatic carbocycles. The molecule has 2 aromatic heterocycles. The number of hydrogen-bond donors (Lipinski definition) is 2. The third-order valence-corrected chi connectivity index (χ3v) is 9.13. The molecule has 6 nitrogen and oxygen atoms in total. The quantitative estimate of drug-likeness (QED) is 0.520. The van der Waals surface area contributed by atoms with Crippen LogP contribution >= 0.6 is 0 Å². The standard InChI is InChI=1S/C28H35FN6/c1-18-11-23-22-5-2-3-6-24(22)33-25(23)26(35(18)28-8-7-19(12-28)13-28)27-30-14-20(15-31-27)32-21-16-34(17-21)10-4-9-29/h2-3,5-6,14-15,18-19,21,26,32-33H,4,7-13,16-17H2,1H3/t18-,19?,26+,28?/m1/s1. The number of H-pyrrole nitrogens is 1. The molecule has 184 valence electrons. The Hall–Kier alpha value is -2.51. The van der Waals surface area contributed by atoms with Gasteiger partial charge in [0.05, 0.1) is 30.8 Å². The Morgan fingerprint density at radius 2 is 1.97 bits per heavy atom. The SMILES string of the molecule is C[C@@H]1Cc2c([nH]c3ccccc23)[C@@H](c2ncc(NC3CN(CCCF)C3)cn2)N1C12CCC(C1)C2. The van der Waals surface area contributed by atoms with Crippen molar-refractivity contribution in [2.75, 3.05) is 31.6 Å². The Bertz CT molecular complexity index is 1200. The Morgan fingerprint density at radius 3 is 2.71 bits per heavy atom. The number of likely N-dealkylation sites (tertiary alicyclic amines) is 1. The molecule has 2 atom stereocenters. The van der Waals surface area contributed by atoms with E-state index < -0.39 is 0 Å². The van der Waals surface area contributed by atoms with E-state index >= 15 is 0 Å². The molecular formula is C28H35FN6. The van der Waals surface area contributed by atoms with Gasteiger partial charge in [-0.15, -0.1) is 0 Å². The summed E-state index contributed by atoms with van der Waals surface area (Å²) in [7, 11) is 0. The second kappa shape index (κ2) is 8.27. The van der Waals surface area contributed by atoms with Crippen LogP contribution in [-0.4, -0.2) is 68.7 Å². The minimum absolute atomic E-state index is 0.0640. The highest BCUT2D eigenvalue weighted by atomic mass is 19.1. The Kier molecular flexibility index (Phi) is 5.14. The van der Waals surface area contributed by atoms with E-state index in [0.717, 1.165) is 43.5 Å². The number of fused-ring (bicyclic) bond motifs is 4. The molecule has 5 aliphatic rings. The lowest BCUT2D eigenvalue weighted by Gasteiger charge is -2.55. The summed E-state index contributed by atoms with van der Waals surface area (Å²) in [5, 5.41) is 4.91. The Morgan fingerprint density at radius 1 is 1.17 bits per heavy atom. The van der Waals surface area contributed by atoms with E-state index in [-0.39, 0.29) is 12.7 Å². The van der Waals surface area contributed by atoms with Crippen LogP contribution in [0.1, 0.15) is 62.2 Å². The summed E-state index contributed by atoms with van der Waals surface area (Å²) in [5.74, 6) is 1.81. The van der Waals surface area contributed by atoms with Crippen molar-refractivity contribution in [1.82, 2.24) is 24.8 Å². The third kappa shape index (κ3) is 3.50. The molecule has 0 amide bonds. The number of para-hydroxylation sites is 1. The topological polar surface area (TPSA) is 60.1 Å². The molecule has 3 aromatic rings. The molecule has 4 heterocycles. The molecule has 2 bridgehead atoms. The predicted octanol–water partition coefficient (Wildman–Crippen LogP) is 4.69. The van der Waals surface area contributed by atoms with Gasteiger partial charge in [0.2, 0.25) is 0 Å². The summed E-state index contributed by atoms with van der Waals surface area (Å²) in [5.41, 5.74) is 5.22. The second-order valence-corrected chi connectivity index (χ2v) is 11.4. The smallest absolute Gasteiger partial charge is 0.151 e. The lowest BCUT2D eigenvalue weighted by molar-refractivity contribution is -0.0362. The summed E-state index contributed by atoms with van der Waals surface area (Å²) in [6, 6.07) is 9.61. The molecule has 35 heavy (non-hydrogen) atoms. The number of rotatable bonds is 7. The van der Waals surface area contributed by atoms with Crippen LogP contribution in [0.25, 0.3) is 10.9 Å². The van der Waals surface area contributed by atoms with Crippen LogP contribution in [0.2, 0.25) is 0 Å². The maximum atomic E-state index is 12.4. The molecular weight excluding hydrogens is 439 g/mol. The zero-order valence-corrected chi connectivity index (χ0v) is 20.5. The normalized spacial score (nSPS) is 30.7. The minimum Gasteiger partial charge on any atom is -0.377 e. The van der Waals surface area contributed by atoms with Gasteiger partial charge in [-0.25, -0.2) is 9.97 Å². The number of aromatic amines is 1. The van der Waals surface area contributed by atoms with Gasteiger partial charge in [0.25, 0.3) is 0 Å². The van der Waals surface area contributed by atoms with E-state index in [0.29, 0.717) is 24.0 Å². The van der Waals surface area contributed by atoms with E-state index in [9.17, 15) is 4.39 Å². The summed E-state index contributed by atoms with van der Waals surface area (Å²) in [6.45, 7) is 4.92. The number of anilines is 1. The number of nitrogens with one attached hydrogen (secondary N) is 2. The minimum atomic E-state index is -0.235. The van der Waals surface area contributed by atoms with Crippen molar-refractivity contribution >= 4 is 16.6 Å². The largest absolute Gasteiger partial charge is 0.377 e. The summed E-state index contributed by atoms with van der Waals surface area (Å²) >= 11 is 0. The molecule has 0 spiro atoms. The molecule has 0 unspecified atom stereocenters. The molecule has 2 N–H and O–H groups in total. The van der Waals surface area contributed by atoms with Crippen LogP contribution in [-0.2, 0) is 6.42 Å². The first-order chi connectivity index (χ1) is 17.1. The van der Waals surface area contributed by atoms with Gasteiger partial charge in [-0.1, -0.05) is 18.2 Å². The van der Waals surface area contributed by atoms with Gasteiger partial charge in [0, 0.05) is 47.8 Å². The first kappa shape index (κ1) is 21.7. The van der Waals surface area contributed by atoms with Crippen LogP contribution in [0.3, 0.4) is 0 Å². The summed E-state index contributed by atoms with van der Waals surface area (Å²) in [6.07, 6.45) is 10.9. The fraction of sp³-hybridized carbons (Fsp3) is 0.571. The van der Waals surface area contributed by atoms with Gasteiger partial charge in [0.15, 0.2) is 5.82 Å². The molecule has 2 aliphatic heterocycles. The van der Waals surface area contributed by atoms with E-state index in [2.05, 4.69) is 51.3 Å². The van der Waals surface area contributed by atoms with Crippen molar-refractivity contribution in [3.05, 3.63) is 53.7 Å². The monoisotopic (exact) mass is 474 g/mol. The molecule has 0 radical (unpaired) electrons. The van der Waals surface area contributed by atoms with Crippen molar-refractivity contribution in [1.29, 1.82) is 0 Å². The first-order valence-electron chi connectivity index (χ1n) is 13.4. The van der Waals surface area contributed by atoms with Gasteiger partial charge in [-0.05, 0) is 63.0 Å². The van der Waals surface area contributed by atoms with E-state index in [1.54, 1.807) is 0 Å². The molecule has 1 aromatic carbocycles. The van der Waals surface area contributed by atoms with Crippen molar-refractivity contribution in [3.8, 4) is 0 Å². The van der Waals surface area contributed by atoms with Gasteiger partial charge in [-0.3, -0.25) is 14.2 Å². The van der Waals surface area contributed by atoms with Crippen LogP contribution in [0.15, 0.2) is 36.7 Å². The van der Waals surface area contributed by atoms with Crippen LogP contribution < -0.4 is 5.32 Å². The lowest BCUT2D eigenvalue weighted by atomic mass is 9.72. The molecule has 3 saturated carbocycles. The van der Waals surface area contributed by atoms with Gasteiger partial charge < -0.3 is 10.3 Å². The van der Waals surface area contributed by atoms with Crippen LogP contribution in [0, 0.1) is 5.92 Å². The lowest BCUT2D eigenvalue weighted by Crippen LogP contribution is -2.59. The van der Waals surface area contributed by atoms with Gasteiger partial charge >= 0.3 is 0 Å². The highest BCUT2D eigenvalue weighted by Crippen LogP contribution is 2.59. The molecule has 8 rings (SSSR count). The maximum Gasteiger partial charge on any atom is 0.151 e. The Balaban J connectivity index is 1.19. The molecule has 1 saturated heterocycles. The number of benzene rings is 1. The highest BCUT2D eigenvalue weighted by Gasteiger charge is 2.58. The zero-order valence-electron chi connectivity index (χ0n) is 20.5. The average Bonchev–Trinajstić information content (AvgIpc) is 3.53. The van der Waals surface area contributed by atoms with Crippen LogP contribution in [0.5, 0.6) is 0 Å². The molecule has 7 heteroatoms. The summed E-state index contributed by atoms with van der Waals surface area (Å²) in [4.78, 5) is 18.8. The number of halogens is 1. The zero-order chi connectivity index (χ0) is 23.6. The van der Waals surface area contributed by atoms with E-state index in [1.807, 2.05) is 12.4 Å². The predicted molar refractivity (Wildman–Crippen MR) is 136 cm³/mol. The number of alkyl halides is 1. The van der Waals surface area contributed by atoms with E-state index in [1.165, 1.54) is 47.8 Å². The number of aromatic nitrogens is 3. The van der Waals surface area contributed by atoms with Gasteiger partial charge in [0.1, 0.15) is 6.04 Å². The highest BCUT2D eigenvalue weighted by molar-refractivity contribution is 5.85. The van der Waals surface area contributed by atoms with Crippen molar-refractivity contribution < 1.29 is 4.39 Å². The second-order valence-electron chi connectivity index (χ2n) is 11.4. The van der Waals surface area contributed by atoms with Crippen LogP contribution in [0.4, 0.5) is 10.1 Å². The maximum absolute atomic E-state index is 12.4. The van der Waals surface area contributed by atoms with E-state index in [4.69, 9.17) is 9.97 Å². The third-order valence-electron chi connectivity index (χ3n) is 9.13. The van der Waals surface area contributed by atoms with Crippen molar-refractivity contribution in [3.63, 3.8) is 0 Å². The van der Waals surface area contributed by atoms with Crippen molar-refractivity contribution in [2.45, 2.75) is 69.1 Å². The summed E-state index contributed by atoms with van der Waals surface area (Å²) < 4.78 is 12.4. The van der Waals surface area contributed by atoms with Crippen molar-refractivity contribution in [2.24, 2.45) is 5.92 Å². The fourth-order valence-electron chi connectivity index (χ4n) is 7.61. The van der Waals surface area contributed by atoms with Gasteiger partial charge in [-0.2, -0.15) is 0 Å². The Labute approximate surface area is 206 Å². The molecule has 4 fully saturated rings. The first-order valence-corrected chi connectivity index (χ1v) is 13.4. The number of hydrogen-bond acceptors (Lipinski definition) is 5. The number of nitrogens with zero attached hydrogens (tertiary/aromatic N) is 4.